The SMILES string of the molecule is c1ccc2c(c1)Cc1ccccc1C21c2cccc3ccc4cccc1c4c23. The highest BCUT2D eigenvalue weighted by Gasteiger charge is 2.48. The van der Waals surface area contributed by atoms with Crippen molar-refractivity contribution in [2.75, 3.05) is 0 Å². The van der Waals surface area contributed by atoms with Crippen molar-refractivity contribution in [3.8, 4) is 0 Å². The van der Waals surface area contributed by atoms with E-state index in [9.17, 15) is 0 Å². The maximum absolute atomic E-state index is 2.36. The Balaban J connectivity index is 1.80. The van der Waals surface area contributed by atoms with Gasteiger partial charge in [-0.05, 0) is 61.3 Å². The quantitative estimate of drug-likeness (QED) is 0.269. The number of hydrogen-bond acceptors (Lipinski definition) is 0. The molecule has 0 saturated carbocycles. The summed E-state index contributed by atoms with van der Waals surface area (Å²) in [6.07, 6.45) is 1.01. The molecule has 5 aromatic carbocycles. The number of rotatable bonds is 0. The minimum atomic E-state index is -0.214. The van der Waals surface area contributed by atoms with Crippen molar-refractivity contribution in [2.45, 2.75) is 11.8 Å². The van der Waals surface area contributed by atoms with Crippen LogP contribution in [-0.4, -0.2) is 0 Å². The van der Waals surface area contributed by atoms with Crippen LogP contribution >= 0.6 is 0 Å². The fraction of sp³-hybridized carbons (Fsp3) is 0.0714. The molecule has 0 nitrogen and oxygen atoms in total. The molecule has 0 saturated heterocycles. The van der Waals surface area contributed by atoms with Crippen LogP contribution in [0.2, 0.25) is 0 Å². The summed E-state index contributed by atoms with van der Waals surface area (Å²) in [7, 11) is 0. The van der Waals surface area contributed by atoms with E-state index in [-0.39, 0.29) is 5.41 Å². The van der Waals surface area contributed by atoms with Gasteiger partial charge < -0.3 is 0 Å². The van der Waals surface area contributed by atoms with Gasteiger partial charge in [0.15, 0.2) is 0 Å². The Labute approximate surface area is 164 Å². The van der Waals surface area contributed by atoms with Crippen molar-refractivity contribution in [1.29, 1.82) is 0 Å². The first-order valence-electron chi connectivity index (χ1n) is 10.0. The van der Waals surface area contributed by atoms with Gasteiger partial charge in [0, 0.05) is 0 Å². The van der Waals surface area contributed by atoms with Crippen LogP contribution in [0.3, 0.4) is 0 Å². The van der Waals surface area contributed by atoms with E-state index in [1.54, 1.807) is 0 Å². The summed E-state index contributed by atoms with van der Waals surface area (Å²) < 4.78 is 0. The zero-order valence-corrected chi connectivity index (χ0v) is 15.4. The van der Waals surface area contributed by atoms with Crippen LogP contribution in [0.5, 0.6) is 0 Å². The highest BCUT2D eigenvalue weighted by molar-refractivity contribution is 6.16. The van der Waals surface area contributed by atoms with Gasteiger partial charge in [-0.2, -0.15) is 0 Å². The Morgan fingerprint density at radius 1 is 0.429 bits per heavy atom. The molecule has 28 heavy (non-hydrogen) atoms. The average Bonchev–Trinajstić information content (AvgIpc) is 3.06. The summed E-state index contributed by atoms with van der Waals surface area (Å²) in [5.74, 6) is 0. The summed E-state index contributed by atoms with van der Waals surface area (Å²) in [6, 6.07) is 36.4. The standard InChI is InChI=1S/C28H18/c1-3-11-22-20(7-1)17-21-8-2-4-12-23(21)28(22)24-13-5-9-18-15-16-19-10-6-14-25(28)27(19)26(18)24/h1-16H,17H2. The third-order valence-electron chi connectivity index (χ3n) is 6.92. The monoisotopic (exact) mass is 354 g/mol. The van der Waals surface area contributed by atoms with Crippen LogP contribution in [0, 0.1) is 0 Å². The molecular weight excluding hydrogens is 336 g/mol. The number of benzene rings is 5. The molecular formula is C28H18. The molecule has 0 heterocycles. The van der Waals surface area contributed by atoms with Gasteiger partial charge in [-0.3, -0.25) is 0 Å². The van der Waals surface area contributed by atoms with E-state index in [0.717, 1.165) is 6.42 Å². The third kappa shape index (κ3) is 1.51. The number of hydrogen-bond donors (Lipinski definition) is 0. The molecule has 0 bridgehead atoms. The van der Waals surface area contributed by atoms with E-state index in [4.69, 9.17) is 0 Å². The van der Waals surface area contributed by atoms with Crippen LogP contribution in [0.4, 0.5) is 0 Å². The third-order valence-corrected chi connectivity index (χ3v) is 6.92. The summed E-state index contributed by atoms with van der Waals surface area (Å²) >= 11 is 0. The topological polar surface area (TPSA) is 0 Å². The Bertz CT molecular complexity index is 1330. The molecule has 130 valence electrons. The van der Waals surface area contributed by atoms with Crippen molar-refractivity contribution in [3.05, 3.63) is 130 Å². The first-order valence-corrected chi connectivity index (χ1v) is 10.0. The van der Waals surface area contributed by atoms with Gasteiger partial charge in [0.05, 0.1) is 5.41 Å². The molecule has 0 fully saturated rings. The molecule has 0 unspecified atom stereocenters. The van der Waals surface area contributed by atoms with Gasteiger partial charge in [0.25, 0.3) is 0 Å². The summed E-state index contributed by atoms with van der Waals surface area (Å²) in [5.41, 5.74) is 8.46. The predicted octanol–water partition coefficient (Wildman–Crippen LogP) is 6.59. The van der Waals surface area contributed by atoms with E-state index in [0.29, 0.717) is 0 Å². The van der Waals surface area contributed by atoms with E-state index >= 15 is 0 Å². The van der Waals surface area contributed by atoms with Gasteiger partial charge in [0.2, 0.25) is 0 Å². The predicted molar refractivity (Wildman–Crippen MR) is 116 cm³/mol. The highest BCUT2D eigenvalue weighted by atomic mass is 14.5. The number of fused-ring (bicyclic) bond motifs is 6. The van der Waals surface area contributed by atoms with Crippen molar-refractivity contribution < 1.29 is 0 Å². The van der Waals surface area contributed by atoms with Crippen molar-refractivity contribution in [3.63, 3.8) is 0 Å². The van der Waals surface area contributed by atoms with Crippen molar-refractivity contribution in [2.24, 2.45) is 0 Å². The molecule has 0 aromatic heterocycles. The normalized spacial score (nSPS) is 15.3. The molecule has 1 spiro atoms. The first kappa shape index (κ1) is 14.6. The van der Waals surface area contributed by atoms with Crippen LogP contribution < -0.4 is 0 Å². The minimum Gasteiger partial charge on any atom is -0.0620 e. The molecule has 0 aliphatic heterocycles. The van der Waals surface area contributed by atoms with Crippen LogP contribution in [0.1, 0.15) is 33.4 Å². The van der Waals surface area contributed by atoms with E-state index in [1.807, 2.05) is 0 Å². The average molecular weight is 354 g/mol. The zero-order chi connectivity index (χ0) is 18.3. The first-order chi connectivity index (χ1) is 13.9. The van der Waals surface area contributed by atoms with E-state index < -0.39 is 0 Å². The van der Waals surface area contributed by atoms with Gasteiger partial charge >= 0.3 is 0 Å². The fourth-order valence-corrected chi connectivity index (χ4v) is 5.94. The molecule has 0 N–H and O–H groups in total. The lowest BCUT2D eigenvalue weighted by Crippen LogP contribution is -2.34. The van der Waals surface area contributed by atoms with Crippen LogP contribution in [0.15, 0.2) is 97.1 Å². The molecule has 7 rings (SSSR count). The zero-order valence-electron chi connectivity index (χ0n) is 15.4. The van der Waals surface area contributed by atoms with Crippen LogP contribution in [0.25, 0.3) is 21.5 Å². The van der Waals surface area contributed by atoms with Crippen molar-refractivity contribution in [1.82, 2.24) is 0 Å². The summed E-state index contributed by atoms with van der Waals surface area (Å²) in [6.45, 7) is 0. The van der Waals surface area contributed by atoms with Crippen molar-refractivity contribution >= 4 is 21.5 Å². The molecule has 2 aliphatic rings. The molecule has 0 heteroatoms. The fourth-order valence-electron chi connectivity index (χ4n) is 5.94. The lowest BCUT2D eigenvalue weighted by molar-refractivity contribution is 0.724. The molecule has 0 radical (unpaired) electrons. The Hall–Kier alpha value is -3.38. The molecule has 2 aliphatic carbocycles. The largest absolute Gasteiger partial charge is 0.0719 e. The Morgan fingerprint density at radius 3 is 1.43 bits per heavy atom. The molecule has 5 aromatic rings. The summed E-state index contributed by atoms with van der Waals surface area (Å²) in [4.78, 5) is 0. The smallest absolute Gasteiger partial charge is 0.0620 e. The van der Waals surface area contributed by atoms with E-state index in [2.05, 4.69) is 97.1 Å². The second-order valence-electron chi connectivity index (χ2n) is 8.11. The van der Waals surface area contributed by atoms with Gasteiger partial charge in [-0.25, -0.2) is 0 Å². The van der Waals surface area contributed by atoms with E-state index in [1.165, 1.54) is 54.9 Å². The molecule has 0 atom stereocenters. The maximum atomic E-state index is 2.36. The highest BCUT2D eigenvalue weighted by Crippen LogP contribution is 2.58. The summed E-state index contributed by atoms with van der Waals surface area (Å²) in [5, 5.41) is 5.55. The van der Waals surface area contributed by atoms with Crippen LogP contribution in [-0.2, 0) is 11.8 Å². The second kappa shape index (κ2) is 4.91. The lowest BCUT2D eigenvalue weighted by atomic mass is 9.61. The molecule has 0 amide bonds. The van der Waals surface area contributed by atoms with Gasteiger partial charge in [-0.1, -0.05) is 97.1 Å². The van der Waals surface area contributed by atoms with Gasteiger partial charge in [0.1, 0.15) is 0 Å². The van der Waals surface area contributed by atoms with Gasteiger partial charge in [-0.15, -0.1) is 0 Å². The lowest BCUT2D eigenvalue weighted by Gasteiger charge is -2.40. The Kier molecular flexibility index (Phi) is 2.57. The minimum absolute atomic E-state index is 0.214. The second-order valence-corrected chi connectivity index (χ2v) is 8.11. The maximum Gasteiger partial charge on any atom is 0.0719 e. The Morgan fingerprint density at radius 2 is 0.893 bits per heavy atom.